The molecule has 0 saturated carbocycles. The van der Waals surface area contributed by atoms with Crippen LogP contribution in [0.5, 0.6) is 0 Å². The molecule has 32 heavy (non-hydrogen) atoms. The first kappa shape index (κ1) is 21.7. The van der Waals surface area contributed by atoms with Crippen molar-refractivity contribution in [2.75, 3.05) is 32.8 Å². The molecule has 2 amide bonds. The van der Waals surface area contributed by atoms with Crippen molar-refractivity contribution >= 4 is 17.8 Å². The Morgan fingerprint density at radius 3 is 2.44 bits per heavy atom. The van der Waals surface area contributed by atoms with Crippen LogP contribution in [0.15, 0.2) is 24.3 Å². The van der Waals surface area contributed by atoms with Crippen LogP contribution in [0, 0.1) is 20.8 Å². The zero-order chi connectivity index (χ0) is 22.8. The molecule has 0 spiro atoms. The molecule has 1 fully saturated rings. The van der Waals surface area contributed by atoms with E-state index in [0.29, 0.717) is 44.4 Å². The molecule has 0 aliphatic carbocycles. The maximum absolute atomic E-state index is 13.0. The number of benzene rings is 1. The van der Waals surface area contributed by atoms with Gasteiger partial charge in [0.1, 0.15) is 0 Å². The molecule has 4 rings (SSSR count). The first-order valence-electron chi connectivity index (χ1n) is 10.9. The summed E-state index contributed by atoms with van der Waals surface area (Å²) in [6.45, 7) is 9.94. The number of carbonyl (C=O) groups excluding carboxylic acids is 2. The average molecular weight is 437 g/mol. The zero-order valence-corrected chi connectivity index (χ0v) is 19.0. The minimum Gasteiger partial charge on any atom is -0.450 e. The van der Waals surface area contributed by atoms with E-state index in [0.717, 1.165) is 28.1 Å². The van der Waals surface area contributed by atoms with E-state index in [2.05, 4.69) is 15.1 Å². The van der Waals surface area contributed by atoms with E-state index in [1.54, 1.807) is 21.2 Å². The SMILES string of the molecule is CCOC(=O)N1CCN(C(=O)Cc2c(C)nc3nc(-c4cccc(C)c4)nn3c2C)CC1. The van der Waals surface area contributed by atoms with Crippen LogP contribution < -0.4 is 0 Å². The number of ether oxygens (including phenoxy) is 1. The third kappa shape index (κ3) is 4.28. The predicted molar refractivity (Wildman–Crippen MR) is 119 cm³/mol. The summed E-state index contributed by atoms with van der Waals surface area (Å²) in [4.78, 5) is 37.5. The zero-order valence-electron chi connectivity index (χ0n) is 19.0. The van der Waals surface area contributed by atoms with Crippen LogP contribution in [0.2, 0.25) is 0 Å². The molecule has 0 bridgehead atoms. The summed E-state index contributed by atoms with van der Waals surface area (Å²) in [5.41, 5.74) is 4.56. The van der Waals surface area contributed by atoms with E-state index < -0.39 is 0 Å². The molecule has 2 aromatic heterocycles. The summed E-state index contributed by atoms with van der Waals surface area (Å²) < 4.78 is 6.76. The van der Waals surface area contributed by atoms with Crippen molar-refractivity contribution in [1.82, 2.24) is 29.4 Å². The van der Waals surface area contributed by atoms with Gasteiger partial charge in [-0.3, -0.25) is 4.79 Å². The van der Waals surface area contributed by atoms with Crippen molar-refractivity contribution in [3.05, 3.63) is 46.8 Å². The molecule has 3 heterocycles. The number of carbonyl (C=O) groups is 2. The number of hydrogen-bond acceptors (Lipinski definition) is 6. The Morgan fingerprint density at radius 2 is 1.75 bits per heavy atom. The summed E-state index contributed by atoms with van der Waals surface area (Å²) in [7, 11) is 0. The number of fused-ring (bicyclic) bond motifs is 1. The summed E-state index contributed by atoms with van der Waals surface area (Å²) in [6, 6.07) is 8.03. The van der Waals surface area contributed by atoms with Crippen molar-refractivity contribution in [2.24, 2.45) is 0 Å². The van der Waals surface area contributed by atoms with Crippen LogP contribution in [0.1, 0.15) is 29.4 Å². The van der Waals surface area contributed by atoms with Gasteiger partial charge in [-0.2, -0.15) is 4.98 Å². The van der Waals surface area contributed by atoms with Gasteiger partial charge in [0.25, 0.3) is 5.78 Å². The van der Waals surface area contributed by atoms with Gasteiger partial charge < -0.3 is 14.5 Å². The molecule has 0 unspecified atom stereocenters. The largest absolute Gasteiger partial charge is 0.450 e. The fourth-order valence-electron chi connectivity index (χ4n) is 3.99. The van der Waals surface area contributed by atoms with Crippen LogP contribution in [-0.2, 0) is 16.0 Å². The molecule has 0 atom stereocenters. The third-order valence-electron chi connectivity index (χ3n) is 5.81. The summed E-state index contributed by atoms with van der Waals surface area (Å²) >= 11 is 0. The van der Waals surface area contributed by atoms with Gasteiger partial charge in [0, 0.05) is 48.7 Å². The van der Waals surface area contributed by atoms with Crippen LogP contribution >= 0.6 is 0 Å². The molecule has 9 nitrogen and oxygen atoms in total. The number of nitrogens with zero attached hydrogens (tertiary/aromatic N) is 6. The van der Waals surface area contributed by atoms with Crippen LogP contribution in [0.25, 0.3) is 17.2 Å². The Hall–Kier alpha value is -3.49. The highest BCUT2D eigenvalue weighted by molar-refractivity contribution is 5.80. The molecule has 1 saturated heterocycles. The lowest BCUT2D eigenvalue weighted by Crippen LogP contribution is -2.51. The fourth-order valence-corrected chi connectivity index (χ4v) is 3.99. The van der Waals surface area contributed by atoms with E-state index in [-0.39, 0.29) is 18.4 Å². The number of aromatic nitrogens is 4. The highest BCUT2D eigenvalue weighted by Gasteiger charge is 2.26. The Bertz CT molecular complexity index is 1160. The van der Waals surface area contributed by atoms with Gasteiger partial charge in [-0.1, -0.05) is 23.8 Å². The van der Waals surface area contributed by atoms with Gasteiger partial charge in [-0.25, -0.2) is 14.3 Å². The topological polar surface area (TPSA) is 92.9 Å². The van der Waals surface area contributed by atoms with Gasteiger partial charge in [0.2, 0.25) is 5.91 Å². The minimum atomic E-state index is -0.323. The number of amides is 2. The van der Waals surface area contributed by atoms with Crippen LogP contribution in [-0.4, -0.2) is 74.2 Å². The van der Waals surface area contributed by atoms with E-state index in [1.807, 2.05) is 45.0 Å². The fraction of sp³-hybridized carbons (Fsp3) is 0.435. The van der Waals surface area contributed by atoms with Gasteiger partial charge >= 0.3 is 6.09 Å². The highest BCUT2D eigenvalue weighted by atomic mass is 16.6. The first-order valence-corrected chi connectivity index (χ1v) is 10.9. The molecule has 168 valence electrons. The van der Waals surface area contributed by atoms with Gasteiger partial charge in [-0.15, -0.1) is 5.10 Å². The molecule has 1 aromatic carbocycles. The smallest absolute Gasteiger partial charge is 0.409 e. The number of rotatable bonds is 4. The maximum Gasteiger partial charge on any atom is 0.409 e. The average Bonchev–Trinajstić information content (AvgIpc) is 3.21. The molecule has 1 aliphatic rings. The Kier molecular flexibility index (Phi) is 6.07. The van der Waals surface area contributed by atoms with Gasteiger partial charge in [-0.05, 0) is 33.8 Å². The first-order chi connectivity index (χ1) is 15.4. The summed E-state index contributed by atoms with van der Waals surface area (Å²) in [6.07, 6.45) is -0.0869. The molecule has 3 aromatic rings. The summed E-state index contributed by atoms with van der Waals surface area (Å²) in [5, 5.41) is 4.65. The van der Waals surface area contributed by atoms with Crippen molar-refractivity contribution < 1.29 is 14.3 Å². The quantitative estimate of drug-likeness (QED) is 0.624. The van der Waals surface area contributed by atoms with Crippen molar-refractivity contribution in [3.8, 4) is 11.4 Å². The number of piperazine rings is 1. The van der Waals surface area contributed by atoms with E-state index in [4.69, 9.17) is 4.74 Å². The molecule has 0 N–H and O–H groups in total. The van der Waals surface area contributed by atoms with Crippen molar-refractivity contribution in [1.29, 1.82) is 0 Å². The van der Waals surface area contributed by atoms with Gasteiger partial charge in [0.15, 0.2) is 5.82 Å². The van der Waals surface area contributed by atoms with Crippen LogP contribution in [0.4, 0.5) is 4.79 Å². The van der Waals surface area contributed by atoms with Crippen LogP contribution in [0.3, 0.4) is 0 Å². The lowest BCUT2D eigenvalue weighted by Gasteiger charge is -2.34. The summed E-state index contributed by atoms with van der Waals surface area (Å²) in [5.74, 6) is 1.15. The Balaban J connectivity index is 1.52. The van der Waals surface area contributed by atoms with Crippen molar-refractivity contribution in [3.63, 3.8) is 0 Å². The lowest BCUT2D eigenvalue weighted by molar-refractivity contribution is -0.132. The molecule has 9 heteroatoms. The number of hydrogen-bond donors (Lipinski definition) is 0. The van der Waals surface area contributed by atoms with E-state index >= 15 is 0 Å². The second-order valence-electron chi connectivity index (χ2n) is 8.02. The Morgan fingerprint density at radius 1 is 1.03 bits per heavy atom. The second kappa shape index (κ2) is 8.94. The Labute approximate surface area is 187 Å². The van der Waals surface area contributed by atoms with E-state index in [9.17, 15) is 9.59 Å². The highest BCUT2D eigenvalue weighted by Crippen LogP contribution is 2.21. The van der Waals surface area contributed by atoms with E-state index in [1.165, 1.54) is 0 Å². The van der Waals surface area contributed by atoms with Crippen molar-refractivity contribution in [2.45, 2.75) is 34.1 Å². The molecule has 0 radical (unpaired) electrons. The molecule has 1 aliphatic heterocycles. The third-order valence-corrected chi connectivity index (χ3v) is 5.81. The molecular weight excluding hydrogens is 408 g/mol. The minimum absolute atomic E-state index is 0.0138. The maximum atomic E-state index is 13.0. The van der Waals surface area contributed by atoms with Gasteiger partial charge in [0.05, 0.1) is 13.0 Å². The lowest BCUT2D eigenvalue weighted by atomic mass is 10.1. The second-order valence-corrected chi connectivity index (χ2v) is 8.02. The monoisotopic (exact) mass is 436 g/mol. The number of aryl methyl sites for hydroxylation is 3. The normalized spacial score (nSPS) is 14.1. The standard InChI is InChI=1S/C23H28N6O3/c1-5-32-23(31)28-11-9-27(10-12-28)20(30)14-19-16(3)24-22-25-21(26-29(22)17(19)4)18-8-6-7-15(2)13-18/h6-8,13H,5,9-12,14H2,1-4H3. The predicted octanol–water partition coefficient (Wildman–Crippen LogP) is 2.56. The molecular formula is C23H28N6O3.